The summed E-state index contributed by atoms with van der Waals surface area (Å²) < 4.78 is 55.0. The molecule has 0 bridgehead atoms. The second-order valence-corrected chi connectivity index (χ2v) is 10.7. The van der Waals surface area contributed by atoms with Crippen LogP contribution in [0.3, 0.4) is 0 Å². The van der Waals surface area contributed by atoms with Crippen LogP contribution < -0.4 is 9.47 Å². The number of esters is 1. The summed E-state index contributed by atoms with van der Waals surface area (Å²) in [5.41, 5.74) is 1.26. The van der Waals surface area contributed by atoms with E-state index in [4.69, 9.17) is 9.47 Å². The number of rotatable bonds is 9. The molecule has 2 aromatic carbocycles. The molecule has 0 atom stereocenters. The van der Waals surface area contributed by atoms with Crippen molar-refractivity contribution in [2.24, 2.45) is 11.8 Å². The molecule has 0 heterocycles. The number of allylic oxidation sites excluding steroid dienone is 1. The zero-order valence-electron chi connectivity index (χ0n) is 21.6. The van der Waals surface area contributed by atoms with Crippen LogP contribution in [0.2, 0.25) is 0 Å². The maximum absolute atomic E-state index is 14.8. The first kappa shape index (κ1) is 27.3. The highest BCUT2D eigenvalue weighted by atomic mass is 19.2. The SMILES string of the molecule is C=CCCCOc1ccc(C2CCC(C(=O)Oc3ccc(C4CCC(C)CC4)c(F)c3F)CC2)cc1F. The molecule has 0 N–H and O–H groups in total. The van der Waals surface area contributed by atoms with Crippen molar-refractivity contribution in [3.05, 3.63) is 71.6 Å². The fraction of sp³-hybridized carbons (Fsp3) is 0.516. The van der Waals surface area contributed by atoms with E-state index in [1.807, 2.05) is 6.07 Å². The van der Waals surface area contributed by atoms with Gasteiger partial charge in [0.15, 0.2) is 23.1 Å². The van der Waals surface area contributed by atoms with Crippen molar-refractivity contribution in [1.82, 2.24) is 0 Å². The van der Waals surface area contributed by atoms with Crippen LogP contribution in [0.25, 0.3) is 0 Å². The standard InChI is InChI=1S/C31H37F3O3/c1-3-4-5-18-36-27-16-14-24(19-26(27)32)21-10-12-23(13-11-21)31(35)37-28-17-15-25(29(33)30(28)34)22-8-6-20(2)7-9-22/h3,14-17,19-23H,1,4-13,18H2,2H3. The maximum Gasteiger partial charge on any atom is 0.314 e. The minimum absolute atomic E-state index is 0.00783. The van der Waals surface area contributed by atoms with Crippen LogP contribution in [-0.4, -0.2) is 12.6 Å². The van der Waals surface area contributed by atoms with Gasteiger partial charge in [-0.1, -0.05) is 38.0 Å². The van der Waals surface area contributed by atoms with Gasteiger partial charge in [0.1, 0.15) is 0 Å². The van der Waals surface area contributed by atoms with Gasteiger partial charge in [0.2, 0.25) is 5.82 Å². The van der Waals surface area contributed by atoms with E-state index in [-0.39, 0.29) is 29.2 Å². The lowest BCUT2D eigenvalue weighted by Crippen LogP contribution is -2.25. The van der Waals surface area contributed by atoms with Gasteiger partial charge in [-0.25, -0.2) is 8.78 Å². The molecule has 200 valence electrons. The van der Waals surface area contributed by atoms with E-state index in [9.17, 15) is 18.0 Å². The summed E-state index contributed by atoms with van der Waals surface area (Å²) in [5.74, 6) is -2.66. The third-order valence-electron chi connectivity index (χ3n) is 8.04. The van der Waals surface area contributed by atoms with Crippen molar-refractivity contribution in [3.8, 4) is 11.5 Å². The Morgan fingerprint density at radius 2 is 1.59 bits per heavy atom. The Hall–Kier alpha value is -2.76. The van der Waals surface area contributed by atoms with E-state index < -0.39 is 23.5 Å². The lowest BCUT2D eigenvalue weighted by atomic mass is 9.78. The first-order valence-electron chi connectivity index (χ1n) is 13.6. The van der Waals surface area contributed by atoms with Crippen LogP contribution in [0.1, 0.15) is 94.1 Å². The van der Waals surface area contributed by atoms with Crippen molar-refractivity contribution in [1.29, 1.82) is 0 Å². The second kappa shape index (κ2) is 12.7. The van der Waals surface area contributed by atoms with Crippen molar-refractivity contribution in [2.45, 2.75) is 83.0 Å². The molecule has 0 aromatic heterocycles. The van der Waals surface area contributed by atoms with E-state index in [0.717, 1.165) is 44.1 Å². The van der Waals surface area contributed by atoms with E-state index in [1.54, 1.807) is 18.2 Å². The first-order valence-corrected chi connectivity index (χ1v) is 13.6. The molecule has 2 aromatic rings. The molecular formula is C31H37F3O3. The summed E-state index contributed by atoms with van der Waals surface area (Å²) in [6, 6.07) is 8.01. The quantitative estimate of drug-likeness (QED) is 0.145. The average Bonchev–Trinajstić information content (AvgIpc) is 2.91. The van der Waals surface area contributed by atoms with Gasteiger partial charge in [-0.15, -0.1) is 6.58 Å². The van der Waals surface area contributed by atoms with E-state index in [2.05, 4.69) is 13.5 Å². The van der Waals surface area contributed by atoms with Crippen LogP contribution in [0, 0.1) is 29.3 Å². The molecule has 0 aliphatic heterocycles. The van der Waals surface area contributed by atoms with Gasteiger partial charge >= 0.3 is 5.97 Å². The molecule has 2 aliphatic rings. The molecule has 0 saturated heterocycles. The smallest absolute Gasteiger partial charge is 0.314 e. The molecular weight excluding hydrogens is 477 g/mol. The van der Waals surface area contributed by atoms with E-state index in [1.165, 1.54) is 12.1 Å². The fourth-order valence-electron chi connectivity index (χ4n) is 5.66. The summed E-state index contributed by atoms with van der Waals surface area (Å²) >= 11 is 0. The minimum Gasteiger partial charge on any atom is -0.491 e. The number of ether oxygens (including phenoxy) is 2. The van der Waals surface area contributed by atoms with Crippen molar-refractivity contribution in [2.75, 3.05) is 6.61 Å². The molecule has 37 heavy (non-hydrogen) atoms. The fourth-order valence-corrected chi connectivity index (χ4v) is 5.66. The lowest BCUT2D eigenvalue weighted by Gasteiger charge is -2.28. The molecule has 0 spiro atoms. The molecule has 2 saturated carbocycles. The van der Waals surface area contributed by atoms with Crippen molar-refractivity contribution >= 4 is 5.97 Å². The van der Waals surface area contributed by atoms with Gasteiger partial charge in [0.05, 0.1) is 12.5 Å². The molecule has 0 amide bonds. The van der Waals surface area contributed by atoms with Crippen molar-refractivity contribution < 1.29 is 27.4 Å². The normalized spacial score (nSPS) is 23.9. The highest BCUT2D eigenvalue weighted by molar-refractivity contribution is 5.75. The molecule has 6 heteroatoms. The summed E-state index contributed by atoms with van der Waals surface area (Å²) in [5, 5.41) is 0. The number of unbranched alkanes of at least 4 members (excludes halogenated alkanes) is 1. The monoisotopic (exact) mass is 514 g/mol. The van der Waals surface area contributed by atoms with Gasteiger partial charge in [0.25, 0.3) is 0 Å². The van der Waals surface area contributed by atoms with Gasteiger partial charge in [0, 0.05) is 0 Å². The topological polar surface area (TPSA) is 35.5 Å². The number of hydrogen-bond donors (Lipinski definition) is 0. The Morgan fingerprint density at radius 1 is 0.919 bits per heavy atom. The minimum atomic E-state index is -1.08. The zero-order chi connectivity index (χ0) is 26.4. The summed E-state index contributed by atoms with van der Waals surface area (Å²) in [7, 11) is 0. The Kier molecular flexibility index (Phi) is 9.33. The molecule has 0 radical (unpaired) electrons. The molecule has 4 rings (SSSR count). The van der Waals surface area contributed by atoms with Gasteiger partial charge in [-0.05, 0) is 98.4 Å². The highest BCUT2D eigenvalue weighted by Gasteiger charge is 2.31. The lowest BCUT2D eigenvalue weighted by molar-refractivity contribution is -0.140. The number of benzene rings is 2. The van der Waals surface area contributed by atoms with Gasteiger partial charge < -0.3 is 9.47 Å². The molecule has 3 nitrogen and oxygen atoms in total. The molecule has 2 aliphatic carbocycles. The van der Waals surface area contributed by atoms with Gasteiger partial charge in [-0.3, -0.25) is 4.79 Å². The largest absolute Gasteiger partial charge is 0.491 e. The highest BCUT2D eigenvalue weighted by Crippen LogP contribution is 2.40. The van der Waals surface area contributed by atoms with Crippen molar-refractivity contribution in [3.63, 3.8) is 0 Å². The Balaban J connectivity index is 1.30. The maximum atomic E-state index is 14.8. The Labute approximate surface area is 218 Å². The average molecular weight is 515 g/mol. The third kappa shape index (κ3) is 6.77. The molecule has 2 fully saturated rings. The summed E-state index contributed by atoms with van der Waals surface area (Å²) in [6.45, 7) is 6.27. The van der Waals surface area contributed by atoms with Crippen LogP contribution in [-0.2, 0) is 4.79 Å². The predicted octanol–water partition coefficient (Wildman–Crippen LogP) is 8.62. The van der Waals surface area contributed by atoms with Crippen LogP contribution in [0.5, 0.6) is 11.5 Å². The number of hydrogen-bond acceptors (Lipinski definition) is 3. The zero-order valence-corrected chi connectivity index (χ0v) is 21.6. The third-order valence-corrected chi connectivity index (χ3v) is 8.04. The number of halogens is 3. The Morgan fingerprint density at radius 3 is 2.27 bits per heavy atom. The summed E-state index contributed by atoms with van der Waals surface area (Å²) in [4.78, 5) is 12.7. The van der Waals surface area contributed by atoms with E-state index >= 15 is 0 Å². The predicted molar refractivity (Wildman–Crippen MR) is 138 cm³/mol. The summed E-state index contributed by atoms with van der Waals surface area (Å²) in [6.07, 6.45) is 9.58. The van der Waals surface area contributed by atoms with Crippen LogP contribution >= 0.6 is 0 Å². The number of carbonyl (C=O) groups is 1. The van der Waals surface area contributed by atoms with Crippen LogP contribution in [0.4, 0.5) is 13.2 Å². The van der Waals surface area contributed by atoms with Gasteiger partial charge in [-0.2, -0.15) is 4.39 Å². The molecule has 0 unspecified atom stereocenters. The second-order valence-electron chi connectivity index (χ2n) is 10.7. The number of carbonyl (C=O) groups excluding carboxylic acids is 1. The Bertz CT molecular complexity index is 1080. The van der Waals surface area contributed by atoms with Crippen LogP contribution in [0.15, 0.2) is 43.0 Å². The van der Waals surface area contributed by atoms with E-state index in [0.29, 0.717) is 43.8 Å². The first-order chi connectivity index (χ1) is 17.9.